The third-order valence-electron chi connectivity index (χ3n) is 13.4. The van der Waals surface area contributed by atoms with E-state index in [4.69, 9.17) is 9.47 Å². The van der Waals surface area contributed by atoms with E-state index < -0.39 is 0 Å². The van der Waals surface area contributed by atoms with E-state index >= 15 is 0 Å². The van der Waals surface area contributed by atoms with E-state index in [0.29, 0.717) is 27.9 Å². The van der Waals surface area contributed by atoms with Crippen molar-refractivity contribution in [2.45, 2.75) is 127 Å². The van der Waals surface area contributed by atoms with Crippen molar-refractivity contribution >= 4 is 5.91 Å². The fourth-order valence-corrected chi connectivity index (χ4v) is 11.0. The number of phenolic OH excluding ortho intramolecular Hbond substituents is 1. The van der Waals surface area contributed by atoms with Gasteiger partial charge >= 0.3 is 0 Å². The molecular weight excluding hydrogens is 572 g/mol. The van der Waals surface area contributed by atoms with E-state index in [9.17, 15) is 9.90 Å². The molecule has 1 amide bonds. The van der Waals surface area contributed by atoms with Crippen LogP contribution in [0.3, 0.4) is 0 Å². The zero-order valence-electron chi connectivity index (χ0n) is 28.0. The lowest BCUT2D eigenvalue weighted by molar-refractivity contribution is -0.995. The number of rotatable bonds is 12. The summed E-state index contributed by atoms with van der Waals surface area (Å²) < 4.78 is 13.2. The Kier molecular flexibility index (Phi) is 8.23. The van der Waals surface area contributed by atoms with E-state index in [1.807, 2.05) is 0 Å². The molecule has 4 aliphatic carbocycles. The molecule has 6 aliphatic rings. The molecular formula is C40H55N2O4+. The SMILES string of the molecule is COc1cc(O)c2c3c1O[C@H]1CCC[C@H]4[C@@H](C2)[N+](CC2CC2)(NC(=O)C(CCCC2CCCCC2)CCc2ccccc2)CC[C@]314. The number of likely N-dealkylation sites (tertiary alicyclic amines) is 1. The number of carbonyl (C=O) groups excluding carboxylic acids is 1. The number of nitrogens with one attached hydrogen (secondary N) is 1. The second-order valence-corrected chi connectivity index (χ2v) is 16.0. The number of hydrogen-bond acceptors (Lipinski definition) is 4. The minimum atomic E-state index is -0.0827. The summed E-state index contributed by atoms with van der Waals surface area (Å²) in [6.07, 6.45) is 20.0. The molecule has 2 N–H and O–H groups in total. The standard InChI is InChI=1S/C40H54N2O4/c1-45-35-25-34(43)31-24-33-32-16-9-17-36-40(32,37(31)38(35)46-36)22-23-42(33,26-29-18-19-29)41-39(44)30(21-20-28-12-6-3-7-13-28)15-8-14-27-10-4-2-5-11-27/h3,6-7,12-13,25,27,29-30,32-33,36H,2,4-5,8-11,14-24,26H2,1H3,(H-,41,43,44)/p+1/t30?,32-,33+,36-,40+,42?/m0/s1. The summed E-state index contributed by atoms with van der Waals surface area (Å²) in [6.45, 7) is 1.98. The number of methoxy groups -OCH3 is 1. The summed E-state index contributed by atoms with van der Waals surface area (Å²) in [5.74, 6) is 4.18. The number of aryl methyl sites for hydroxylation is 1. The molecule has 2 heterocycles. The summed E-state index contributed by atoms with van der Waals surface area (Å²) in [7, 11) is 1.68. The van der Waals surface area contributed by atoms with E-state index in [2.05, 4.69) is 35.8 Å². The van der Waals surface area contributed by atoms with Crippen molar-refractivity contribution < 1.29 is 24.0 Å². The van der Waals surface area contributed by atoms with Gasteiger partial charge in [-0.3, -0.25) is 4.79 Å². The summed E-state index contributed by atoms with van der Waals surface area (Å²) in [5.41, 5.74) is 7.42. The molecule has 4 fully saturated rings. The first-order chi connectivity index (χ1) is 22.5. The van der Waals surface area contributed by atoms with Crippen LogP contribution >= 0.6 is 0 Å². The van der Waals surface area contributed by atoms with Crippen molar-refractivity contribution in [2.75, 3.05) is 20.2 Å². The largest absolute Gasteiger partial charge is 0.508 e. The van der Waals surface area contributed by atoms with Gasteiger partial charge in [-0.05, 0) is 62.8 Å². The van der Waals surface area contributed by atoms with Crippen LogP contribution in [0.4, 0.5) is 0 Å². The molecule has 8 rings (SSSR count). The average Bonchev–Trinajstić information content (AvgIpc) is 3.83. The van der Waals surface area contributed by atoms with Gasteiger partial charge in [0.15, 0.2) is 11.5 Å². The van der Waals surface area contributed by atoms with Crippen molar-refractivity contribution in [1.29, 1.82) is 0 Å². The molecule has 248 valence electrons. The third kappa shape index (κ3) is 5.31. The van der Waals surface area contributed by atoms with Gasteiger partial charge in [0.05, 0.1) is 12.5 Å². The summed E-state index contributed by atoms with van der Waals surface area (Å²) >= 11 is 0. The molecule has 2 aromatic carbocycles. The molecule has 6 nitrogen and oxygen atoms in total. The van der Waals surface area contributed by atoms with E-state index in [0.717, 1.165) is 81.7 Å². The van der Waals surface area contributed by atoms with Crippen LogP contribution in [0, 0.1) is 23.7 Å². The predicted octanol–water partition coefficient (Wildman–Crippen LogP) is 7.79. The number of nitrogens with zero attached hydrogens (tertiary/aromatic N) is 1. The number of phenols is 1. The second kappa shape index (κ2) is 12.4. The molecule has 2 aromatic rings. The number of quaternary nitrogens is 1. The Hall–Kier alpha value is -2.73. The average molecular weight is 628 g/mol. The molecule has 3 saturated carbocycles. The molecule has 6 atom stereocenters. The monoisotopic (exact) mass is 627 g/mol. The normalized spacial score (nSPS) is 31.9. The number of piperidine rings is 1. The Morgan fingerprint density at radius 2 is 1.87 bits per heavy atom. The van der Waals surface area contributed by atoms with Gasteiger partial charge in [0.1, 0.15) is 31.0 Å². The lowest BCUT2D eigenvalue weighted by Crippen LogP contribution is -2.77. The zero-order chi connectivity index (χ0) is 31.3. The lowest BCUT2D eigenvalue weighted by Gasteiger charge is -2.61. The molecule has 0 radical (unpaired) electrons. The van der Waals surface area contributed by atoms with Crippen LogP contribution in [0.15, 0.2) is 36.4 Å². The first-order valence-corrected chi connectivity index (χ1v) is 18.8. The Bertz CT molecular complexity index is 1420. The highest BCUT2D eigenvalue weighted by molar-refractivity contribution is 5.77. The molecule has 6 heteroatoms. The Morgan fingerprint density at radius 3 is 2.65 bits per heavy atom. The van der Waals surface area contributed by atoms with Gasteiger partial charge in [0, 0.05) is 47.8 Å². The van der Waals surface area contributed by atoms with E-state index in [1.54, 1.807) is 13.2 Å². The molecule has 0 aromatic heterocycles. The molecule has 1 spiro atoms. The quantitative estimate of drug-likeness (QED) is 0.236. The number of ether oxygens (including phenoxy) is 2. The number of aromatic hydroxyl groups is 1. The number of hydrogen-bond donors (Lipinski definition) is 2. The Morgan fingerprint density at radius 1 is 1.04 bits per heavy atom. The molecule has 2 unspecified atom stereocenters. The van der Waals surface area contributed by atoms with Crippen molar-refractivity contribution in [3.05, 3.63) is 53.1 Å². The smallest absolute Gasteiger partial charge is 0.268 e. The summed E-state index contributed by atoms with van der Waals surface area (Å²) in [6, 6.07) is 12.8. The molecule has 2 aliphatic heterocycles. The first-order valence-electron chi connectivity index (χ1n) is 18.8. The predicted molar refractivity (Wildman–Crippen MR) is 180 cm³/mol. The van der Waals surface area contributed by atoms with Gasteiger partial charge in [-0.15, -0.1) is 0 Å². The van der Waals surface area contributed by atoms with Gasteiger partial charge < -0.3 is 14.6 Å². The first kappa shape index (κ1) is 30.6. The fraction of sp³-hybridized carbons (Fsp3) is 0.675. The highest BCUT2D eigenvalue weighted by atomic mass is 16.5. The van der Waals surface area contributed by atoms with Crippen LogP contribution in [-0.2, 0) is 23.1 Å². The molecule has 2 bridgehead atoms. The Balaban J connectivity index is 1.09. The Labute approximate surface area is 275 Å². The lowest BCUT2D eigenvalue weighted by atomic mass is 9.51. The van der Waals surface area contributed by atoms with Gasteiger partial charge in [0.2, 0.25) is 0 Å². The maximum Gasteiger partial charge on any atom is 0.268 e. The number of amides is 1. The second-order valence-electron chi connectivity index (χ2n) is 16.0. The molecule has 1 saturated heterocycles. The zero-order valence-corrected chi connectivity index (χ0v) is 28.0. The number of carbonyl (C=O) groups is 1. The minimum Gasteiger partial charge on any atom is -0.508 e. The van der Waals surface area contributed by atoms with Crippen LogP contribution in [0.25, 0.3) is 0 Å². The minimum absolute atomic E-state index is 0.0305. The van der Waals surface area contributed by atoms with Gasteiger partial charge in [0.25, 0.3) is 5.91 Å². The van der Waals surface area contributed by atoms with Crippen molar-refractivity contribution in [3.63, 3.8) is 0 Å². The van der Waals surface area contributed by atoms with Gasteiger partial charge in [-0.25, -0.2) is 10.0 Å². The van der Waals surface area contributed by atoms with Crippen LogP contribution in [-0.4, -0.2) is 48.0 Å². The maximum atomic E-state index is 14.7. The highest BCUT2D eigenvalue weighted by Gasteiger charge is 2.69. The van der Waals surface area contributed by atoms with E-state index in [1.165, 1.54) is 68.9 Å². The van der Waals surface area contributed by atoms with Crippen LogP contribution < -0.4 is 14.9 Å². The number of benzene rings is 2. The topological polar surface area (TPSA) is 67.8 Å². The van der Waals surface area contributed by atoms with Crippen LogP contribution in [0.1, 0.15) is 113 Å². The van der Waals surface area contributed by atoms with Gasteiger partial charge in [-0.1, -0.05) is 75.3 Å². The summed E-state index contributed by atoms with van der Waals surface area (Å²) in [5, 5.41) is 11.4. The van der Waals surface area contributed by atoms with Crippen LogP contribution in [0.5, 0.6) is 17.2 Å². The highest BCUT2D eigenvalue weighted by Crippen LogP contribution is 2.66. The van der Waals surface area contributed by atoms with Crippen molar-refractivity contribution in [3.8, 4) is 17.2 Å². The summed E-state index contributed by atoms with van der Waals surface area (Å²) in [4.78, 5) is 14.7. The van der Waals surface area contributed by atoms with Crippen molar-refractivity contribution in [1.82, 2.24) is 5.43 Å². The van der Waals surface area contributed by atoms with Crippen molar-refractivity contribution in [2.24, 2.45) is 23.7 Å². The molecule has 46 heavy (non-hydrogen) atoms. The van der Waals surface area contributed by atoms with E-state index in [-0.39, 0.29) is 29.4 Å². The van der Waals surface area contributed by atoms with Gasteiger partial charge in [-0.2, -0.15) is 0 Å². The fourth-order valence-electron chi connectivity index (χ4n) is 11.0. The van der Waals surface area contributed by atoms with Crippen LogP contribution in [0.2, 0.25) is 0 Å². The third-order valence-corrected chi connectivity index (χ3v) is 13.4. The maximum absolute atomic E-state index is 14.7.